The third-order valence-electron chi connectivity index (χ3n) is 3.41. The molecule has 0 aliphatic carbocycles. The van der Waals surface area contributed by atoms with E-state index in [0.717, 1.165) is 16.5 Å². The molecular weight excluding hydrogens is 252 g/mol. The van der Waals surface area contributed by atoms with E-state index in [-0.39, 0.29) is 17.2 Å². The smallest absolute Gasteiger partial charge is 0.130 e. The Morgan fingerprint density at radius 1 is 0.750 bits per heavy atom. The molecule has 0 radical (unpaired) electrons. The van der Waals surface area contributed by atoms with Crippen molar-refractivity contribution in [1.82, 2.24) is 0 Å². The van der Waals surface area contributed by atoms with Gasteiger partial charge in [0.15, 0.2) is 0 Å². The van der Waals surface area contributed by atoms with Gasteiger partial charge < -0.3 is 15.3 Å². The second-order valence-corrected chi connectivity index (χ2v) is 4.79. The number of phenols is 3. The molecule has 20 heavy (non-hydrogen) atoms. The number of rotatable bonds is 2. The molecule has 0 aliphatic rings. The Balaban J connectivity index is 2.06. The van der Waals surface area contributed by atoms with Crippen molar-refractivity contribution in [1.29, 1.82) is 0 Å². The molecule has 3 aromatic carbocycles. The number of benzene rings is 3. The molecule has 3 rings (SSSR count). The van der Waals surface area contributed by atoms with Crippen LogP contribution in [-0.2, 0) is 6.42 Å². The first kappa shape index (κ1) is 12.4. The lowest BCUT2D eigenvalue weighted by Gasteiger charge is -2.09. The van der Waals surface area contributed by atoms with Crippen LogP contribution in [0.5, 0.6) is 17.2 Å². The Labute approximate surface area is 116 Å². The molecule has 3 nitrogen and oxygen atoms in total. The molecule has 0 bridgehead atoms. The first-order chi connectivity index (χ1) is 9.65. The summed E-state index contributed by atoms with van der Waals surface area (Å²) in [5.74, 6) is 0.398. The lowest BCUT2D eigenvalue weighted by Crippen LogP contribution is -1.90. The predicted octanol–water partition coefficient (Wildman–Crippen LogP) is 3.55. The lowest BCUT2D eigenvalue weighted by molar-refractivity contribution is 0.460. The molecule has 0 aliphatic heterocycles. The maximum absolute atomic E-state index is 10.3. The summed E-state index contributed by atoms with van der Waals surface area (Å²) in [6, 6.07) is 15.7. The van der Waals surface area contributed by atoms with E-state index in [1.165, 1.54) is 0 Å². The largest absolute Gasteiger partial charge is 0.508 e. The average molecular weight is 266 g/mol. The number of hydrogen-bond donors (Lipinski definition) is 3. The topological polar surface area (TPSA) is 60.7 Å². The third kappa shape index (κ3) is 2.14. The fourth-order valence-corrected chi connectivity index (χ4v) is 2.36. The van der Waals surface area contributed by atoms with Gasteiger partial charge in [-0.15, -0.1) is 0 Å². The Kier molecular flexibility index (Phi) is 2.95. The summed E-state index contributed by atoms with van der Waals surface area (Å²) in [4.78, 5) is 0. The molecule has 0 saturated carbocycles. The zero-order chi connectivity index (χ0) is 14.1. The van der Waals surface area contributed by atoms with Gasteiger partial charge in [0.25, 0.3) is 0 Å². The highest BCUT2D eigenvalue weighted by Crippen LogP contribution is 2.36. The van der Waals surface area contributed by atoms with E-state index >= 15 is 0 Å². The van der Waals surface area contributed by atoms with Crippen molar-refractivity contribution < 1.29 is 15.3 Å². The molecule has 0 saturated heterocycles. The van der Waals surface area contributed by atoms with Gasteiger partial charge in [0.1, 0.15) is 17.2 Å². The maximum atomic E-state index is 10.3. The summed E-state index contributed by atoms with van der Waals surface area (Å²) in [5, 5.41) is 30.8. The van der Waals surface area contributed by atoms with Crippen molar-refractivity contribution in [3.8, 4) is 17.2 Å². The van der Waals surface area contributed by atoms with Crippen LogP contribution in [0.3, 0.4) is 0 Å². The second kappa shape index (κ2) is 4.78. The van der Waals surface area contributed by atoms with Crippen LogP contribution < -0.4 is 0 Å². The monoisotopic (exact) mass is 266 g/mol. The second-order valence-electron chi connectivity index (χ2n) is 4.79. The van der Waals surface area contributed by atoms with Crippen molar-refractivity contribution in [3.05, 3.63) is 65.7 Å². The zero-order valence-electron chi connectivity index (χ0n) is 10.7. The van der Waals surface area contributed by atoms with Crippen LogP contribution in [0.1, 0.15) is 11.1 Å². The highest BCUT2D eigenvalue weighted by molar-refractivity contribution is 5.94. The van der Waals surface area contributed by atoms with E-state index in [1.54, 1.807) is 24.3 Å². The van der Waals surface area contributed by atoms with E-state index in [4.69, 9.17) is 0 Å². The quantitative estimate of drug-likeness (QED) is 0.664. The summed E-state index contributed by atoms with van der Waals surface area (Å²) in [5.41, 5.74) is 1.72. The van der Waals surface area contributed by atoms with Crippen molar-refractivity contribution in [2.24, 2.45) is 0 Å². The van der Waals surface area contributed by atoms with Gasteiger partial charge in [0.05, 0.1) is 5.39 Å². The van der Waals surface area contributed by atoms with Crippen molar-refractivity contribution in [2.75, 3.05) is 0 Å². The van der Waals surface area contributed by atoms with E-state index < -0.39 is 0 Å². The Morgan fingerprint density at radius 2 is 1.50 bits per heavy atom. The third-order valence-corrected chi connectivity index (χ3v) is 3.41. The van der Waals surface area contributed by atoms with Crippen molar-refractivity contribution in [2.45, 2.75) is 6.42 Å². The summed E-state index contributed by atoms with van der Waals surface area (Å²) in [6.07, 6.45) is 0.538. The molecule has 0 spiro atoms. The predicted molar refractivity (Wildman–Crippen MR) is 78.2 cm³/mol. The van der Waals surface area contributed by atoms with Crippen LogP contribution >= 0.6 is 0 Å². The molecule has 100 valence electrons. The molecule has 0 amide bonds. The van der Waals surface area contributed by atoms with Crippen LogP contribution in [0, 0.1) is 0 Å². The SMILES string of the molecule is Oc1ccc(Cc2ccc3cccc(O)c3c2O)cc1. The first-order valence-corrected chi connectivity index (χ1v) is 6.35. The molecule has 0 aromatic heterocycles. The van der Waals surface area contributed by atoms with E-state index in [9.17, 15) is 15.3 Å². The zero-order valence-corrected chi connectivity index (χ0v) is 10.7. The van der Waals surface area contributed by atoms with Crippen LogP contribution in [0.2, 0.25) is 0 Å². The summed E-state index contributed by atoms with van der Waals surface area (Å²) >= 11 is 0. The van der Waals surface area contributed by atoms with E-state index in [1.807, 2.05) is 30.3 Å². The van der Waals surface area contributed by atoms with Gasteiger partial charge >= 0.3 is 0 Å². The highest BCUT2D eigenvalue weighted by atomic mass is 16.3. The Bertz CT molecular complexity index is 761. The fraction of sp³-hybridized carbons (Fsp3) is 0.0588. The van der Waals surface area contributed by atoms with Gasteiger partial charge in [-0.05, 0) is 34.7 Å². The van der Waals surface area contributed by atoms with Crippen LogP contribution in [0.15, 0.2) is 54.6 Å². The Hall–Kier alpha value is -2.68. The maximum Gasteiger partial charge on any atom is 0.130 e. The molecule has 0 unspecified atom stereocenters. The van der Waals surface area contributed by atoms with Gasteiger partial charge in [0, 0.05) is 6.42 Å². The van der Waals surface area contributed by atoms with E-state index in [0.29, 0.717) is 11.8 Å². The van der Waals surface area contributed by atoms with Crippen LogP contribution in [0.4, 0.5) is 0 Å². The standard InChI is InChI=1S/C17H14O3/c18-14-8-4-11(5-9-14)10-13-7-6-12-2-1-3-15(19)16(12)17(13)20/h1-9,18-20H,10H2. The molecule has 0 fully saturated rings. The summed E-state index contributed by atoms with van der Waals surface area (Å²) in [7, 11) is 0. The molecule has 3 aromatic rings. The number of phenolic OH excluding ortho intramolecular Hbond substituents is 3. The van der Waals surface area contributed by atoms with Gasteiger partial charge in [0.2, 0.25) is 0 Å². The minimum absolute atomic E-state index is 0.0764. The molecular formula is C17H14O3. The molecule has 0 atom stereocenters. The van der Waals surface area contributed by atoms with Gasteiger partial charge in [-0.1, -0.05) is 36.4 Å². The minimum atomic E-state index is 0.0764. The lowest BCUT2D eigenvalue weighted by atomic mass is 9.99. The number of fused-ring (bicyclic) bond motifs is 1. The normalized spacial score (nSPS) is 10.8. The fourth-order valence-electron chi connectivity index (χ4n) is 2.36. The molecule has 3 N–H and O–H groups in total. The van der Waals surface area contributed by atoms with Crippen LogP contribution in [-0.4, -0.2) is 15.3 Å². The van der Waals surface area contributed by atoms with Gasteiger partial charge in [-0.3, -0.25) is 0 Å². The van der Waals surface area contributed by atoms with Crippen molar-refractivity contribution >= 4 is 10.8 Å². The van der Waals surface area contributed by atoms with Crippen LogP contribution in [0.25, 0.3) is 10.8 Å². The summed E-state index contributed by atoms with van der Waals surface area (Å²) < 4.78 is 0. The average Bonchev–Trinajstić information content (AvgIpc) is 2.44. The van der Waals surface area contributed by atoms with Gasteiger partial charge in [-0.25, -0.2) is 0 Å². The van der Waals surface area contributed by atoms with Crippen molar-refractivity contribution in [3.63, 3.8) is 0 Å². The molecule has 3 heteroatoms. The first-order valence-electron chi connectivity index (χ1n) is 6.35. The minimum Gasteiger partial charge on any atom is -0.508 e. The molecule has 0 heterocycles. The van der Waals surface area contributed by atoms with E-state index in [2.05, 4.69) is 0 Å². The number of aromatic hydroxyl groups is 3. The number of hydrogen-bond acceptors (Lipinski definition) is 3. The highest BCUT2D eigenvalue weighted by Gasteiger charge is 2.10. The summed E-state index contributed by atoms with van der Waals surface area (Å²) in [6.45, 7) is 0. The Morgan fingerprint density at radius 3 is 2.25 bits per heavy atom. The van der Waals surface area contributed by atoms with Gasteiger partial charge in [-0.2, -0.15) is 0 Å².